The lowest BCUT2D eigenvalue weighted by Gasteiger charge is -2.12. The Morgan fingerprint density at radius 2 is 2.12 bits per heavy atom. The van der Waals surface area contributed by atoms with Gasteiger partial charge in [-0.1, -0.05) is 0 Å². The van der Waals surface area contributed by atoms with Gasteiger partial charge in [0.25, 0.3) is 0 Å². The van der Waals surface area contributed by atoms with Gasteiger partial charge >= 0.3 is 0 Å². The van der Waals surface area contributed by atoms with Crippen LogP contribution in [0.5, 0.6) is 0 Å². The van der Waals surface area contributed by atoms with E-state index in [0.29, 0.717) is 13.0 Å². The van der Waals surface area contributed by atoms with Crippen molar-refractivity contribution in [2.24, 2.45) is 0 Å². The van der Waals surface area contributed by atoms with Crippen LogP contribution < -0.4 is 10.6 Å². The number of rotatable bonds is 4. The maximum absolute atomic E-state index is 11.5. The van der Waals surface area contributed by atoms with E-state index in [1.165, 1.54) is 4.90 Å². The zero-order valence-corrected chi connectivity index (χ0v) is 10.6. The Kier molecular flexibility index (Phi) is 7.08. The summed E-state index contributed by atoms with van der Waals surface area (Å²) >= 11 is 0. The summed E-state index contributed by atoms with van der Waals surface area (Å²) in [6.07, 6.45) is 2.31. The monoisotopic (exact) mass is 249 g/mol. The fraction of sp³-hybridized carbons (Fsp3) is 0.800. The lowest BCUT2D eigenvalue weighted by molar-refractivity contribution is -0.128. The first-order valence-electron chi connectivity index (χ1n) is 5.32. The van der Waals surface area contributed by atoms with Crippen LogP contribution in [0.2, 0.25) is 0 Å². The minimum Gasteiger partial charge on any atom is -0.354 e. The molecule has 0 radical (unpaired) electrons. The third kappa shape index (κ3) is 4.81. The molecule has 0 aromatic heterocycles. The number of nitrogens with zero attached hydrogens (tertiary/aromatic N) is 1. The summed E-state index contributed by atoms with van der Waals surface area (Å²) in [5, 5.41) is 5.87. The predicted octanol–water partition coefficient (Wildman–Crippen LogP) is -0.245. The van der Waals surface area contributed by atoms with Gasteiger partial charge in [0, 0.05) is 27.1 Å². The molecule has 0 aromatic rings. The van der Waals surface area contributed by atoms with E-state index in [9.17, 15) is 9.59 Å². The number of carbonyl (C=O) groups is 2. The molecule has 0 spiro atoms. The quantitative estimate of drug-likeness (QED) is 0.723. The minimum absolute atomic E-state index is 0. The molecular formula is C10H20ClN3O2. The molecule has 1 aliphatic rings. The lowest BCUT2D eigenvalue weighted by Crippen LogP contribution is -2.41. The summed E-state index contributed by atoms with van der Waals surface area (Å²) in [7, 11) is 3.42. The van der Waals surface area contributed by atoms with E-state index in [0.717, 1.165) is 19.4 Å². The van der Waals surface area contributed by atoms with Crippen LogP contribution in [0.15, 0.2) is 0 Å². The molecular weight excluding hydrogens is 230 g/mol. The zero-order valence-electron chi connectivity index (χ0n) is 9.78. The average Bonchev–Trinajstić information content (AvgIpc) is 2.70. The molecule has 1 unspecified atom stereocenters. The van der Waals surface area contributed by atoms with Gasteiger partial charge in [-0.25, -0.2) is 0 Å². The summed E-state index contributed by atoms with van der Waals surface area (Å²) in [5.41, 5.74) is 0. The number of hydrogen-bond donors (Lipinski definition) is 2. The normalized spacial score (nSPS) is 18.8. The highest BCUT2D eigenvalue weighted by Crippen LogP contribution is 2.04. The van der Waals surface area contributed by atoms with E-state index in [1.807, 2.05) is 0 Å². The minimum atomic E-state index is -0.0561. The predicted molar refractivity (Wildman–Crippen MR) is 64.6 cm³/mol. The Morgan fingerprint density at radius 1 is 1.44 bits per heavy atom. The molecule has 1 fully saturated rings. The summed E-state index contributed by atoms with van der Waals surface area (Å²) in [6, 6.07) is -0.0561. The zero-order chi connectivity index (χ0) is 11.3. The smallest absolute Gasteiger partial charge is 0.237 e. The maximum Gasteiger partial charge on any atom is 0.237 e. The van der Waals surface area contributed by atoms with Crippen molar-refractivity contribution in [3.63, 3.8) is 0 Å². The highest BCUT2D eigenvalue weighted by atomic mass is 35.5. The van der Waals surface area contributed by atoms with Crippen LogP contribution in [0, 0.1) is 0 Å². The molecule has 1 atom stereocenters. The number of amides is 2. The molecule has 2 amide bonds. The average molecular weight is 250 g/mol. The summed E-state index contributed by atoms with van der Waals surface area (Å²) in [4.78, 5) is 24.2. The molecule has 0 saturated carbocycles. The molecule has 0 bridgehead atoms. The van der Waals surface area contributed by atoms with Gasteiger partial charge in [-0.2, -0.15) is 0 Å². The SMILES string of the molecule is CN(C)C(=O)CCNC(=O)C1CCCN1.Cl. The molecule has 1 saturated heterocycles. The molecule has 0 aliphatic carbocycles. The standard InChI is InChI=1S/C10H19N3O2.ClH/c1-13(2)9(14)5-7-12-10(15)8-4-3-6-11-8;/h8,11H,3-7H2,1-2H3,(H,12,15);1H. The van der Waals surface area contributed by atoms with Gasteiger partial charge in [-0.3, -0.25) is 9.59 Å². The van der Waals surface area contributed by atoms with Gasteiger partial charge in [-0.15, -0.1) is 12.4 Å². The first-order valence-corrected chi connectivity index (χ1v) is 5.32. The Balaban J connectivity index is 0.00000225. The van der Waals surface area contributed by atoms with Crippen molar-refractivity contribution in [3.05, 3.63) is 0 Å². The lowest BCUT2D eigenvalue weighted by atomic mass is 10.2. The summed E-state index contributed by atoms with van der Waals surface area (Å²) in [6.45, 7) is 1.34. The molecule has 1 rings (SSSR count). The topological polar surface area (TPSA) is 61.4 Å². The Bertz CT molecular complexity index is 240. The largest absolute Gasteiger partial charge is 0.354 e. The van der Waals surface area contributed by atoms with Gasteiger partial charge in [0.1, 0.15) is 0 Å². The van der Waals surface area contributed by atoms with Crippen molar-refractivity contribution >= 4 is 24.2 Å². The first kappa shape index (κ1) is 15.2. The number of halogens is 1. The number of carbonyl (C=O) groups excluding carboxylic acids is 2. The molecule has 2 N–H and O–H groups in total. The van der Waals surface area contributed by atoms with Crippen molar-refractivity contribution in [1.82, 2.24) is 15.5 Å². The highest BCUT2D eigenvalue weighted by Gasteiger charge is 2.21. The first-order chi connectivity index (χ1) is 7.11. The molecule has 6 heteroatoms. The molecule has 1 aliphatic heterocycles. The van der Waals surface area contributed by atoms with Crippen molar-refractivity contribution in [2.75, 3.05) is 27.2 Å². The van der Waals surface area contributed by atoms with E-state index < -0.39 is 0 Å². The Hall–Kier alpha value is -0.810. The van der Waals surface area contributed by atoms with E-state index >= 15 is 0 Å². The van der Waals surface area contributed by atoms with Gasteiger partial charge in [0.2, 0.25) is 11.8 Å². The van der Waals surface area contributed by atoms with Crippen LogP contribution in [0.4, 0.5) is 0 Å². The fourth-order valence-corrected chi connectivity index (χ4v) is 1.55. The third-order valence-electron chi connectivity index (χ3n) is 2.51. The van der Waals surface area contributed by atoms with E-state index in [2.05, 4.69) is 10.6 Å². The van der Waals surface area contributed by atoms with Crippen LogP contribution in [-0.2, 0) is 9.59 Å². The Labute approximate surface area is 102 Å². The van der Waals surface area contributed by atoms with Crippen LogP contribution >= 0.6 is 12.4 Å². The van der Waals surface area contributed by atoms with Crippen LogP contribution in [0.25, 0.3) is 0 Å². The van der Waals surface area contributed by atoms with Crippen molar-refractivity contribution in [1.29, 1.82) is 0 Å². The summed E-state index contributed by atoms with van der Waals surface area (Å²) in [5.74, 6) is 0.0498. The molecule has 94 valence electrons. The van der Waals surface area contributed by atoms with Crippen LogP contribution in [0.1, 0.15) is 19.3 Å². The van der Waals surface area contributed by atoms with Gasteiger partial charge in [-0.05, 0) is 19.4 Å². The molecule has 16 heavy (non-hydrogen) atoms. The van der Waals surface area contributed by atoms with Crippen molar-refractivity contribution < 1.29 is 9.59 Å². The van der Waals surface area contributed by atoms with Crippen molar-refractivity contribution in [2.45, 2.75) is 25.3 Å². The van der Waals surface area contributed by atoms with E-state index in [-0.39, 0.29) is 30.3 Å². The van der Waals surface area contributed by atoms with E-state index in [1.54, 1.807) is 14.1 Å². The van der Waals surface area contributed by atoms with Gasteiger partial charge < -0.3 is 15.5 Å². The molecule has 1 heterocycles. The van der Waals surface area contributed by atoms with Crippen molar-refractivity contribution in [3.8, 4) is 0 Å². The third-order valence-corrected chi connectivity index (χ3v) is 2.51. The van der Waals surface area contributed by atoms with Gasteiger partial charge in [0.15, 0.2) is 0 Å². The molecule has 0 aromatic carbocycles. The second-order valence-corrected chi connectivity index (χ2v) is 3.98. The maximum atomic E-state index is 11.5. The second kappa shape index (κ2) is 7.46. The van der Waals surface area contributed by atoms with Crippen LogP contribution in [-0.4, -0.2) is 49.9 Å². The fourth-order valence-electron chi connectivity index (χ4n) is 1.55. The number of nitrogens with one attached hydrogen (secondary N) is 2. The molecule has 5 nitrogen and oxygen atoms in total. The van der Waals surface area contributed by atoms with Crippen LogP contribution in [0.3, 0.4) is 0 Å². The number of hydrogen-bond acceptors (Lipinski definition) is 3. The van der Waals surface area contributed by atoms with Gasteiger partial charge in [0.05, 0.1) is 6.04 Å². The van der Waals surface area contributed by atoms with E-state index in [4.69, 9.17) is 0 Å². The summed E-state index contributed by atoms with van der Waals surface area (Å²) < 4.78 is 0. The highest BCUT2D eigenvalue weighted by molar-refractivity contribution is 5.85. The second-order valence-electron chi connectivity index (χ2n) is 3.98. The Morgan fingerprint density at radius 3 is 2.62 bits per heavy atom.